The zero-order chi connectivity index (χ0) is 14.3. The van der Waals surface area contributed by atoms with Gasteiger partial charge in [0.2, 0.25) is 0 Å². The molecule has 19 heavy (non-hydrogen) atoms. The van der Waals surface area contributed by atoms with Crippen molar-refractivity contribution in [1.29, 1.82) is 5.26 Å². The number of rotatable bonds is 6. The van der Waals surface area contributed by atoms with Gasteiger partial charge in [-0.25, -0.2) is 8.42 Å². The SMILES string of the molecule is C#CC(CC)NCCS(=O)(=O)c1ccc(C#N)cc1. The monoisotopic (exact) mass is 276 g/mol. The molecule has 1 N–H and O–H groups in total. The maximum absolute atomic E-state index is 12.0. The number of nitrogens with zero attached hydrogens (tertiary/aromatic N) is 1. The minimum Gasteiger partial charge on any atom is -0.303 e. The van der Waals surface area contributed by atoms with E-state index in [-0.39, 0.29) is 16.7 Å². The summed E-state index contributed by atoms with van der Waals surface area (Å²) in [6.07, 6.45) is 6.04. The first-order chi connectivity index (χ1) is 9.03. The molecule has 1 unspecified atom stereocenters. The van der Waals surface area contributed by atoms with Crippen molar-refractivity contribution >= 4 is 9.84 Å². The number of benzene rings is 1. The summed E-state index contributed by atoms with van der Waals surface area (Å²) in [5.74, 6) is 2.53. The fraction of sp³-hybridized carbons (Fsp3) is 0.357. The van der Waals surface area contributed by atoms with Crippen LogP contribution in [0.5, 0.6) is 0 Å². The Hall–Kier alpha value is -1.82. The van der Waals surface area contributed by atoms with Crippen molar-refractivity contribution in [2.75, 3.05) is 12.3 Å². The highest BCUT2D eigenvalue weighted by atomic mass is 32.2. The number of terminal acetylenes is 1. The Balaban J connectivity index is 2.66. The third-order valence-electron chi connectivity index (χ3n) is 2.71. The van der Waals surface area contributed by atoms with Crippen molar-refractivity contribution in [3.05, 3.63) is 29.8 Å². The zero-order valence-electron chi connectivity index (χ0n) is 10.8. The highest BCUT2D eigenvalue weighted by Gasteiger charge is 2.14. The van der Waals surface area contributed by atoms with Crippen LogP contribution in [0, 0.1) is 23.7 Å². The molecule has 0 aromatic heterocycles. The molecule has 1 atom stereocenters. The Morgan fingerprint density at radius 3 is 2.47 bits per heavy atom. The largest absolute Gasteiger partial charge is 0.303 e. The summed E-state index contributed by atoms with van der Waals surface area (Å²) < 4.78 is 24.0. The van der Waals surface area contributed by atoms with E-state index < -0.39 is 9.84 Å². The van der Waals surface area contributed by atoms with E-state index in [0.717, 1.165) is 6.42 Å². The molecule has 0 heterocycles. The predicted molar refractivity (Wildman–Crippen MR) is 74.1 cm³/mol. The maximum Gasteiger partial charge on any atom is 0.179 e. The number of hydrogen-bond acceptors (Lipinski definition) is 4. The maximum atomic E-state index is 12.0. The van der Waals surface area contributed by atoms with E-state index >= 15 is 0 Å². The van der Waals surface area contributed by atoms with Crippen LogP contribution >= 0.6 is 0 Å². The standard InChI is InChI=1S/C14H16N2O2S/c1-3-13(4-2)16-9-10-19(17,18)14-7-5-12(11-15)6-8-14/h1,5-8,13,16H,4,9-10H2,2H3. The molecule has 0 fully saturated rings. The van der Waals surface area contributed by atoms with Gasteiger partial charge in [0.05, 0.1) is 28.3 Å². The van der Waals surface area contributed by atoms with Crippen molar-refractivity contribution in [3.63, 3.8) is 0 Å². The zero-order valence-corrected chi connectivity index (χ0v) is 11.6. The summed E-state index contributed by atoms with van der Waals surface area (Å²) >= 11 is 0. The van der Waals surface area contributed by atoms with Crippen LogP contribution in [0.3, 0.4) is 0 Å². The summed E-state index contributed by atoms with van der Waals surface area (Å²) in [5.41, 5.74) is 0.440. The van der Waals surface area contributed by atoms with Gasteiger partial charge in [0.15, 0.2) is 9.84 Å². The molecule has 100 valence electrons. The molecule has 1 aromatic carbocycles. The van der Waals surface area contributed by atoms with Crippen LogP contribution in [-0.2, 0) is 9.84 Å². The highest BCUT2D eigenvalue weighted by molar-refractivity contribution is 7.91. The van der Waals surface area contributed by atoms with Gasteiger partial charge in [-0.05, 0) is 30.7 Å². The second kappa shape index (κ2) is 6.94. The molecule has 0 aliphatic rings. The summed E-state index contributed by atoms with van der Waals surface area (Å²) in [5, 5.41) is 11.7. The first-order valence-electron chi connectivity index (χ1n) is 5.96. The first-order valence-corrected chi connectivity index (χ1v) is 7.61. The molecule has 0 aliphatic heterocycles. The first kappa shape index (κ1) is 15.2. The molecule has 1 aromatic rings. The highest BCUT2D eigenvalue weighted by Crippen LogP contribution is 2.11. The van der Waals surface area contributed by atoms with Crippen LogP contribution in [0.4, 0.5) is 0 Å². The molecular formula is C14H16N2O2S. The molecule has 0 saturated heterocycles. The Kier molecular flexibility index (Phi) is 5.57. The lowest BCUT2D eigenvalue weighted by Crippen LogP contribution is -2.31. The number of nitriles is 1. The predicted octanol–water partition coefficient (Wildman–Crippen LogP) is 1.33. The Labute approximate surface area is 114 Å². The van der Waals surface area contributed by atoms with Crippen molar-refractivity contribution in [2.24, 2.45) is 0 Å². The molecule has 0 aliphatic carbocycles. The lowest BCUT2D eigenvalue weighted by atomic mass is 10.2. The number of sulfone groups is 1. The van der Waals surface area contributed by atoms with E-state index in [4.69, 9.17) is 11.7 Å². The number of nitrogens with one attached hydrogen (secondary N) is 1. The third kappa shape index (κ3) is 4.40. The van der Waals surface area contributed by atoms with Crippen LogP contribution in [0.15, 0.2) is 29.2 Å². The van der Waals surface area contributed by atoms with E-state index in [0.29, 0.717) is 12.1 Å². The molecule has 0 radical (unpaired) electrons. The third-order valence-corrected chi connectivity index (χ3v) is 4.45. The van der Waals surface area contributed by atoms with Gasteiger partial charge >= 0.3 is 0 Å². The number of hydrogen-bond donors (Lipinski definition) is 1. The molecule has 5 heteroatoms. The van der Waals surface area contributed by atoms with Crippen LogP contribution in [0.25, 0.3) is 0 Å². The van der Waals surface area contributed by atoms with Gasteiger partial charge in [-0.3, -0.25) is 0 Å². The van der Waals surface area contributed by atoms with E-state index in [1.54, 1.807) is 0 Å². The lowest BCUT2D eigenvalue weighted by molar-refractivity contribution is 0.579. The van der Waals surface area contributed by atoms with Gasteiger partial charge in [0.25, 0.3) is 0 Å². The molecule has 1 rings (SSSR count). The van der Waals surface area contributed by atoms with Gasteiger partial charge < -0.3 is 5.32 Å². The fourth-order valence-corrected chi connectivity index (χ4v) is 2.72. The van der Waals surface area contributed by atoms with Crippen molar-refractivity contribution < 1.29 is 8.42 Å². The molecule has 0 bridgehead atoms. The van der Waals surface area contributed by atoms with Gasteiger partial charge in [0.1, 0.15) is 0 Å². The second-order valence-corrected chi connectivity index (χ2v) is 6.15. The minimum atomic E-state index is -3.34. The second-order valence-electron chi connectivity index (χ2n) is 4.04. The quantitative estimate of drug-likeness (QED) is 0.796. The van der Waals surface area contributed by atoms with Gasteiger partial charge in [-0.2, -0.15) is 5.26 Å². The van der Waals surface area contributed by atoms with E-state index in [2.05, 4.69) is 11.2 Å². The lowest BCUT2D eigenvalue weighted by Gasteiger charge is -2.10. The molecule has 0 spiro atoms. The minimum absolute atomic E-state index is 0.0168. The summed E-state index contributed by atoms with van der Waals surface area (Å²) in [7, 11) is -3.34. The fourth-order valence-electron chi connectivity index (χ4n) is 1.54. The normalized spacial score (nSPS) is 12.4. The Morgan fingerprint density at radius 1 is 1.37 bits per heavy atom. The topological polar surface area (TPSA) is 70.0 Å². The van der Waals surface area contributed by atoms with Crippen LogP contribution in [-0.4, -0.2) is 26.8 Å². The van der Waals surface area contributed by atoms with Gasteiger partial charge in [-0.15, -0.1) is 6.42 Å². The molecular weight excluding hydrogens is 260 g/mol. The Morgan fingerprint density at radius 2 is 2.00 bits per heavy atom. The average Bonchev–Trinajstić information content (AvgIpc) is 2.43. The average molecular weight is 276 g/mol. The van der Waals surface area contributed by atoms with Gasteiger partial charge in [0, 0.05) is 6.54 Å². The summed E-state index contributed by atoms with van der Waals surface area (Å²) in [4.78, 5) is 0.224. The van der Waals surface area contributed by atoms with Gasteiger partial charge in [-0.1, -0.05) is 12.8 Å². The smallest absolute Gasteiger partial charge is 0.179 e. The van der Waals surface area contributed by atoms with Crippen LogP contribution < -0.4 is 5.32 Å². The summed E-state index contributed by atoms with van der Waals surface area (Å²) in [6.45, 7) is 2.25. The van der Waals surface area contributed by atoms with Crippen molar-refractivity contribution in [1.82, 2.24) is 5.32 Å². The Bertz CT molecular complexity index is 592. The van der Waals surface area contributed by atoms with E-state index in [1.807, 2.05) is 13.0 Å². The van der Waals surface area contributed by atoms with Crippen molar-refractivity contribution in [3.8, 4) is 18.4 Å². The van der Waals surface area contributed by atoms with Crippen LogP contribution in [0.2, 0.25) is 0 Å². The molecule has 0 amide bonds. The van der Waals surface area contributed by atoms with E-state index in [1.165, 1.54) is 24.3 Å². The summed E-state index contributed by atoms with van der Waals surface area (Å²) in [6, 6.07) is 7.74. The van der Waals surface area contributed by atoms with Crippen molar-refractivity contribution in [2.45, 2.75) is 24.3 Å². The molecule has 4 nitrogen and oxygen atoms in total. The van der Waals surface area contributed by atoms with Crippen LogP contribution in [0.1, 0.15) is 18.9 Å². The van der Waals surface area contributed by atoms with E-state index in [9.17, 15) is 8.42 Å². The molecule has 0 saturated carbocycles.